The van der Waals surface area contributed by atoms with Crippen LogP contribution in [0.25, 0.3) is 5.76 Å². The summed E-state index contributed by atoms with van der Waals surface area (Å²) in [5, 5.41) is 11.7. The molecular weight excluding hydrogens is 420 g/mol. The van der Waals surface area contributed by atoms with Crippen molar-refractivity contribution in [2.75, 3.05) is 40.4 Å². The zero-order valence-corrected chi connectivity index (χ0v) is 18.1. The molecule has 8 heteroatoms. The smallest absolute Gasteiger partial charge is 0.295 e. The van der Waals surface area contributed by atoms with Gasteiger partial charge in [-0.3, -0.25) is 9.59 Å². The van der Waals surface area contributed by atoms with Crippen LogP contribution in [0.5, 0.6) is 11.5 Å². The van der Waals surface area contributed by atoms with Crippen molar-refractivity contribution in [3.05, 3.63) is 64.2 Å². The third-order valence-corrected chi connectivity index (χ3v) is 5.58. The summed E-state index contributed by atoms with van der Waals surface area (Å²) in [6.45, 7) is 1.76. The summed E-state index contributed by atoms with van der Waals surface area (Å²) < 4.78 is 11.1. The third kappa shape index (κ3) is 4.11. The van der Waals surface area contributed by atoms with E-state index >= 15 is 0 Å². The van der Waals surface area contributed by atoms with Crippen LogP contribution in [0.15, 0.2) is 48.0 Å². The molecule has 2 aliphatic heterocycles. The molecule has 1 N–H and O–H groups in total. The number of aliphatic hydroxyl groups excluding tert-OH is 1. The van der Waals surface area contributed by atoms with Crippen molar-refractivity contribution in [2.45, 2.75) is 6.04 Å². The first kappa shape index (κ1) is 21.2. The van der Waals surface area contributed by atoms with Gasteiger partial charge in [0.25, 0.3) is 11.7 Å². The predicted molar refractivity (Wildman–Crippen MR) is 116 cm³/mol. The standard InChI is InChI=1S/C23H23ClN2O5/c1-25(2)9-10-26-20(14-3-6-16(24)7-4-14)19(22(28)23(26)29)21(27)15-5-8-17-18(13-15)31-12-11-30-17/h3-8,13,20,27H,9-12H2,1-2H3/b21-19+/t20-/m1/s1. The summed E-state index contributed by atoms with van der Waals surface area (Å²) in [6, 6.07) is 11.2. The first-order chi connectivity index (χ1) is 14.9. The average Bonchev–Trinajstić information content (AvgIpc) is 3.02. The molecule has 2 aliphatic rings. The molecule has 1 fully saturated rings. The Kier molecular flexibility index (Phi) is 5.89. The molecule has 2 aromatic carbocycles. The molecule has 1 atom stereocenters. The number of likely N-dealkylation sites (tertiary alicyclic amines) is 1. The van der Waals surface area contributed by atoms with Crippen molar-refractivity contribution in [2.24, 2.45) is 0 Å². The van der Waals surface area contributed by atoms with Crippen molar-refractivity contribution < 1.29 is 24.2 Å². The molecular formula is C23H23ClN2O5. The minimum Gasteiger partial charge on any atom is -0.507 e. The number of hydrogen-bond acceptors (Lipinski definition) is 6. The summed E-state index contributed by atoms with van der Waals surface area (Å²) in [4.78, 5) is 29.3. The number of aliphatic hydroxyl groups is 1. The first-order valence-electron chi connectivity index (χ1n) is 9.95. The molecule has 1 amide bonds. The monoisotopic (exact) mass is 442 g/mol. The van der Waals surface area contributed by atoms with Crippen molar-refractivity contribution in [3.8, 4) is 11.5 Å². The van der Waals surface area contributed by atoms with E-state index in [1.54, 1.807) is 42.5 Å². The van der Waals surface area contributed by atoms with Crippen LogP contribution in [0.4, 0.5) is 0 Å². The lowest BCUT2D eigenvalue weighted by molar-refractivity contribution is -0.140. The van der Waals surface area contributed by atoms with Crippen LogP contribution in [-0.2, 0) is 9.59 Å². The maximum absolute atomic E-state index is 13.0. The molecule has 7 nitrogen and oxygen atoms in total. The molecule has 0 aliphatic carbocycles. The second-order valence-corrected chi connectivity index (χ2v) is 8.14. The Morgan fingerprint density at radius 2 is 1.77 bits per heavy atom. The van der Waals surface area contributed by atoms with Gasteiger partial charge in [0, 0.05) is 23.7 Å². The fraction of sp³-hybridized carbons (Fsp3) is 0.304. The van der Waals surface area contributed by atoms with Crippen molar-refractivity contribution in [1.82, 2.24) is 9.80 Å². The minimum atomic E-state index is -0.717. The number of ether oxygens (including phenoxy) is 2. The fourth-order valence-electron chi connectivity index (χ4n) is 3.76. The van der Waals surface area contributed by atoms with Gasteiger partial charge in [0.2, 0.25) is 0 Å². The summed E-state index contributed by atoms with van der Waals surface area (Å²) >= 11 is 6.04. The van der Waals surface area contributed by atoms with Crippen LogP contribution in [0.1, 0.15) is 17.2 Å². The van der Waals surface area contributed by atoms with E-state index in [4.69, 9.17) is 21.1 Å². The van der Waals surface area contributed by atoms with Gasteiger partial charge in [0.15, 0.2) is 11.5 Å². The number of rotatable bonds is 5. The van der Waals surface area contributed by atoms with E-state index in [-0.39, 0.29) is 11.3 Å². The van der Waals surface area contributed by atoms with Gasteiger partial charge in [-0.05, 0) is 50.0 Å². The van der Waals surface area contributed by atoms with E-state index < -0.39 is 17.7 Å². The number of halogens is 1. The molecule has 162 valence electrons. The SMILES string of the molecule is CN(C)CCN1C(=O)C(=O)/C(=C(/O)c2ccc3c(c2)OCCO3)[C@H]1c1ccc(Cl)cc1. The molecule has 0 bridgehead atoms. The van der Waals surface area contributed by atoms with Gasteiger partial charge >= 0.3 is 0 Å². The van der Waals surface area contributed by atoms with Gasteiger partial charge in [-0.1, -0.05) is 23.7 Å². The molecule has 4 rings (SSSR count). The number of carbonyl (C=O) groups is 2. The molecule has 2 aromatic rings. The van der Waals surface area contributed by atoms with Crippen molar-refractivity contribution in [1.29, 1.82) is 0 Å². The lowest BCUT2D eigenvalue weighted by Crippen LogP contribution is -2.35. The van der Waals surface area contributed by atoms with Crippen LogP contribution in [0, 0.1) is 0 Å². The molecule has 2 heterocycles. The summed E-state index contributed by atoms with van der Waals surface area (Å²) in [7, 11) is 3.78. The average molecular weight is 443 g/mol. The molecule has 1 saturated heterocycles. The highest BCUT2D eigenvalue weighted by Gasteiger charge is 2.45. The second kappa shape index (κ2) is 8.61. The Bertz CT molecular complexity index is 1050. The highest BCUT2D eigenvalue weighted by Crippen LogP contribution is 2.41. The van der Waals surface area contributed by atoms with E-state index in [9.17, 15) is 14.7 Å². The highest BCUT2D eigenvalue weighted by molar-refractivity contribution is 6.46. The lowest BCUT2D eigenvalue weighted by Gasteiger charge is -2.26. The number of Topliss-reactive ketones (excluding diaryl/α,β-unsaturated/α-hetero) is 1. The molecule has 0 aromatic heterocycles. The topological polar surface area (TPSA) is 79.3 Å². The Morgan fingerprint density at radius 3 is 2.45 bits per heavy atom. The molecule has 0 spiro atoms. The zero-order valence-electron chi connectivity index (χ0n) is 17.3. The van der Waals surface area contributed by atoms with Crippen LogP contribution >= 0.6 is 11.6 Å². The number of nitrogens with zero attached hydrogens (tertiary/aromatic N) is 2. The van der Waals surface area contributed by atoms with E-state index in [1.165, 1.54) is 4.90 Å². The van der Waals surface area contributed by atoms with Crippen LogP contribution < -0.4 is 9.47 Å². The van der Waals surface area contributed by atoms with Gasteiger partial charge in [0.05, 0.1) is 11.6 Å². The van der Waals surface area contributed by atoms with Crippen molar-refractivity contribution in [3.63, 3.8) is 0 Å². The van der Waals surface area contributed by atoms with Gasteiger partial charge in [-0.2, -0.15) is 0 Å². The number of ketones is 1. The van der Waals surface area contributed by atoms with Gasteiger partial charge in [0.1, 0.15) is 19.0 Å². The van der Waals surface area contributed by atoms with Gasteiger partial charge in [-0.25, -0.2) is 0 Å². The Labute approximate surface area is 185 Å². The maximum atomic E-state index is 13.0. The lowest BCUT2D eigenvalue weighted by atomic mass is 9.95. The fourth-order valence-corrected chi connectivity index (χ4v) is 3.88. The zero-order chi connectivity index (χ0) is 22.1. The minimum absolute atomic E-state index is 0.0442. The van der Waals surface area contributed by atoms with Gasteiger partial charge < -0.3 is 24.4 Å². The Hall–Kier alpha value is -3.03. The van der Waals surface area contributed by atoms with E-state index in [2.05, 4.69) is 0 Å². The molecule has 0 unspecified atom stereocenters. The number of fused-ring (bicyclic) bond motifs is 1. The number of hydrogen-bond donors (Lipinski definition) is 1. The van der Waals surface area contributed by atoms with Gasteiger partial charge in [-0.15, -0.1) is 0 Å². The second-order valence-electron chi connectivity index (χ2n) is 7.71. The van der Waals surface area contributed by atoms with Crippen LogP contribution in [0.2, 0.25) is 5.02 Å². The number of benzene rings is 2. The number of carbonyl (C=O) groups excluding carboxylic acids is 2. The summed E-state index contributed by atoms with van der Waals surface area (Å²) in [5.41, 5.74) is 1.12. The predicted octanol–water partition coefficient (Wildman–Crippen LogP) is 3.09. The quantitative estimate of drug-likeness (QED) is 0.435. The van der Waals surface area contributed by atoms with E-state index in [0.717, 1.165) is 0 Å². The number of amides is 1. The first-order valence-corrected chi connectivity index (χ1v) is 10.3. The Morgan fingerprint density at radius 1 is 1.10 bits per heavy atom. The van der Waals surface area contributed by atoms with E-state index in [0.29, 0.717) is 54.0 Å². The highest BCUT2D eigenvalue weighted by atomic mass is 35.5. The van der Waals surface area contributed by atoms with Crippen molar-refractivity contribution >= 4 is 29.1 Å². The summed E-state index contributed by atoms with van der Waals surface area (Å²) in [5.74, 6) is -0.543. The molecule has 0 saturated carbocycles. The molecule has 31 heavy (non-hydrogen) atoms. The molecule has 0 radical (unpaired) electrons. The Balaban J connectivity index is 1.81. The van der Waals surface area contributed by atoms with E-state index in [1.807, 2.05) is 19.0 Å². The number of likely N-dealkylation sites (N-methyl/N-ethyl adjacent to an activating group) is 1. The third-order valence-electron chi connectivity index (χ3n) is 5.33. The van der Waals surface area contributed by atoms with Crippen LogP contribution in [0.3, 0.4) is 0 Å². The summed E-state index contributed by atoms with van der Waals surface area (Å²) in [6.07, 6.45) is 0. The maximum Gasteiger partial charge on any atom is 0.295 e. The largest absolute Gasteiger partial charge is 0.507 e. The normalized spacial score (nSPS) is 19.9. The van der Waals surface area contributed by atoms with Crippen LogP contribution in [-0.4, -0.2) is 67.0 Å².